The predicted molar refractivity (Wildman–Crippen MR) is 99.3 cm³/mol. The lowest BCUT2D eigenvalue weighted by molar-refractivity contribution is -0.118. The molecule has 0 aliphatic heterocycles. The van der Waals surface area contributed by atoms with Crippen molar-refractivity contribution in [3.8, 4) is 0 Å². The maximum absolute atomic E-state index is 11.4. The van der Waals surface area contributed by atoms with Crippen LogP contribution in [0.15, 0.2) is 46.7 Å². The molecule has 0 aliphatic carbocycles. The molecule has 5 heteroatoms. The fourth-order valence-corrected chi connectivity index (χ4v) is 3.20. The first kappa shape index (κ1) is 19.5. The zero-order chi connectivity index (χ0) is 17.1. The lowest BCUT2D eigenvalue weighted by Gasteiger charge is -1.96. The quantitative estimate of drug-likeness (QED) is 0.582. The van der Waals surface area contributed by atoms with Gasteiger partial charge >= 0.3 is 0 Å². The van der Waals surface area contributed by atoms with Crippen molar-refractivity contribution in [2.45, 2.75) is 38.0 Å². The van der Waals surface area contributed by atoms with Crippen LogP contribution in [0, 0.1) is 6.92 Å². The van der Waals surface area contributed by atoms with Crippen LogP contribution in [0.1, 0.15) is 41.4 Å². The second kappa shape index (κ2) is 11.0. The Morgan fingerprint density at radius 3 is 2.39 bits per heavy atom. The largest absolute Gasteiger partial charge is 0.370 e. The summed E-state index contributed by atoms with van der Waals surface area (Å²) < 4.78 is 0. The Morgan fingerprint density at radius 1 is 1.17 bits per heavy atom. The van der Waals surface area contributed by atoms with Gasteiger partial charge in [-0.1, -0.05) is 25.1 Å². The number of ketones is 1. The summed E-state index contributed by atoms with van der Waals surface area (Å²) >= 11 is 3.45. The van der Waals surface area contributed by atoms with Crippen molar-refractivity contribution in [1.82, 2.24) is 0 Å². The number of carbonyl (C=O) groups excluding carboxylic acids is 2. The second-order valence-corrected chi connectivity index (χ2v) is 7.28. The molecule has 0 aliphatic rings. The van der Waals surface area contributed by atoms with Crippen molar-refractivity contribution in [1.29, 1.82) is 0 Å². The van der Waals surface area contributed by atoms with E-state index in [-0.39, 0.29) is 18.6 Å². The highest BCUT2D eigenvalue weighted by molar-refractivity contribution is 7.99. The number of rotatable bonds is 7. The number of primary amides is 1. The molecule has 2 N–H and O–H groups in total. The van der Waals surface area contributed by atoms with Crippen LogP contribution in [-0.2, 0) is 4.79 Å². The molecule has 0 saturated carbocycles. The Labute approximate surface area is 146 Å². The Hall–Kier alpha value is -1.59. The molecule has 0 spiro atoms. The van der Waals surface area contributed by atoms with Crippen molar-refractivity contribution in [2.24, 2.45) is 5.73 Å². The number of amides is 1. The van der Waals surface area contributed by atoms with E-state index in [1.54, 1.807) is 5.38 Å². The third-order valence-electron chi connectivity index (χ3n) is 2.87. The van der Waals surface area contributed by atoms with E-state index < -0.39 is 5.91 Å². The first-order chi connectivity index (χ1) is 11.0. The smallest absolute Gasteiger partial charge is 0.217 e. The first-order valence-corrected chi connectivity index (χ1v) is 9.44. The minimum absolute atomic E-state index is 0.0110. The van der Waals surface area contributed by atoms with Crippen LogP contribution in [0.2, 0.25) is 0 Å². The summed E-state index contributed by atoms with van der Waals surface area (Å²) in [5.41, 5.74) is 5.62. The Balaban J connectivity index is 0.000000238. The van der Waals surface area contributed by atoms with E-state index in [0.29, 0.717) is 5.56 Å². The highest BCUT2D eigenvalue weighted by Gasteiger charge is 2.08. The predicted octanol–water partition coefficient (Wildman–Crippen LogP) is 4.69. The van der Waals surface area contributed by atoms with Gasteiger partial charge in [0, 0.05) is 33.6 Å². The highest BCUT2D eigenvalue weighted by Crippen LogP contribution is 2.17. The third kappa shape index (κ3) is 8.57. The molecule has 23 heavy (non-hydrogen) atoms. The summed E-state index contributed by atoms with van der Waals surface area (Å²) in [6.07, 6.45) is 1.60. The van der Waals surface area contributed by atoms with E-state index in [1.165, 1.54) is 28.4 Å². The molecule has 0 fully saturated rings. The highest BCUT2D eigenvalue weighted by atomic mass is 32.2. The number of Topliss-reactive ketones (excluding diaryl/α,β-unsaturated/α-hetero) is 1. The fraction of sp³-hybridized carbons (Fsp3) is 0.333. The van der Waals surface area contributed by atoms with Gasteiger partial charge in [0.25, 0.3) is 0 Å². The number of hydrogen-bond acceptors (Lipinski definition) is 4. The van der Waals surface area contributed by atoms with E-state index in [9.17, 15) is 9.59 Å². The van der Waals surface area contributed by atoms with E-state index >= 15 is 0 Å². The Morgan fingerprint density at radius 2 is 1.87 bits per heavy atom. The Kier molecular flexibility index (Phi) is 9.33. The molecule has 2 rings (SSSR count). The molecule has 0 saturated heterocycles. The molecule has 124 valence electrons. The van der Waals surface area contributed by atoms with Gasteiger partial charge in [-0.05, 0) is 37.3 Å². The maximum atomic E-state index is 11.4. The molecule has 1 aromatic carbocycles. The van der Waals surface area contributed by atoms with Crippen molar-refractivity contribution in [3.63, 3.8) is 0 Å². The van der Waals surface area contributed by atoms with Gasteiger partial charge in [-0.15, -0.1) is 23.1 Å². The molecule has 1 aromatic heterocycles. The molecule has 0 bridgehead atoms. The van der Waals surface area contributed by atoms with Gasteiger partial charge in [0.2, 0.25) is 5.91 Å². The average molecular weight is 350 g/mol. The minimum atomic E-state index is -0.430. The number of aryl methyl sites for hydroxylation is 1. The van der Waals surface area contributed by atoms with Gasteiger partial charge in [0.15, 0.2) is 5.78 Å². The molecule has 1 heterocycles. The molecule has 0 atom stereocenters. The fourth-order valence-electron chi connectivity index (χ4n) is 1.71. The van der Waals surface area contributed by atoms with Gasteiger partial charge in [-0.2, -0.15) is 0 Å². The van der Waals surface area contributed by atoms with E-state index in [2.05, 4.69) is 37.3 Å². The summed E-state index contributed by atoms with van der Waals surface area (Å²) in [4.78, 5) is 24.3. The van der Waals surface area contributed by atoms with Crippen LogP contribution in [0.4, 0.5) is 0 Å². The molecule has 0 radical (unpaired) electrons. The van der Waals surface area contributed by atoms with Crippen LogP contribution in [0.5, 0.6) is 0 Å². The monoisotopic (exact) mass is 349 g/mol. The SMILES string of the molecule is CCCSc1ccccc1.Cc1cc(C(=O)CCC(N)=O)cs1. The molecular weight excluding hydrogens is 326 g/mol. The van der Waals surface area contributed by atoms with Crippen LogP contribution in [0.3, 0.4) is 0 Å². The van der Waals surface area contributed by atoms with Gasteiger partial charge in [-0.3, -0.25) is 9.59 Å². The van der Waals surface area contributed by atoms with Crippen molar-refractivity contribution in [2.75, 3.05) is 5.75 Å². The van der Waals surface area contributed by atoms with Crippen molar-refractivity contribution in [3.05, 3.63) is 52.2 Å². The normalized spacial score (nSPS) is 9.83. The van der Waals surface area contributed by atoms with Gasteiger partial charge in [0.05, 0.1) is 0 Å². The Bertz CT molecular complexity index is 608. The van der Waals surface area contributed by atoms with E-state index in [1.807, 2.05) is 24.8 Å². The third-order valence-corrected chi connectivity index (χ3v) is 4.95. The lowest BCUT2D eigenvalue weighted by Crippen LogP contribution is -2.12. The van der Waals surface area contributed by atoms with Crippen LogP contribution in [-0.4, -0.2) is 17.4 Å². The summed E-state index contributed by atoms with van der Waals surface area (Å²) in [6.45, 7) is 4.14. The number of benzene rings is 1. The second-order valence-electron chi connectivity index (χ2n) is 5.00. The van der Waals surface area contributed by atoms with Crippen LogP contribution < -0.4 is 5.73 Å². The standard InChI is InChI=1S/C9H11NO2S.C9H12S/c1-6-4-7(5-13-6)8(11)2-3-9(10)12;1-2-8-10-9-6-4-3-5-7-9/h4-5H,2-3H2,1H3,(H2,10,12);3-7H,2,8H2,1H3. The van der Waals surface area contributed by atoms with E-state index in [0.717, 1.165) is 4.88 Å². The topological polar surface area (TPSA) is 60.2 Å². The van der Waals surface area contributed by atoms with Gasteiger partial charge in [0.1, 0.15) is 0 Å². The lowest BCUT2D eigenvalue weighted by atomic mass is 10.1. The summed E-state index contributed by atoms with van der Waals surface area (Å²) in [6, 6.07) is 12.3. The van der Waals surface area contributed by atoms with Gasteiger partial charge < -0.3 is 5.73 Å². The minimum Gasteiger partial charge on any atom is -0.370 e. The number of hydrogen-bond donors (Lipinski definition) is 1. The van der Waals surface area contributed by atoms with Crippen molar-refractivity contribution >= 4 is 34.8 Å². The van der Waals surface area contributed by atoms with Crippen LogP contribution >= 0.6 is 23.1 Å². The zero-order valence-electron chi connectivity index (χ0n) is 13.6. The molecule has 2 aromatic rings. The van der Waals surface area contributed by atoms with E-state index in [4.69, 9.17) is 5.73 Å². The zero-order valence-corrected chi connectivity index (χ0v) is 15.2. The molecule has 1 amide bonds. The first-order valence-electron chi connectivity index (χ1n) is 7.57. The molecular formula is C18H23NO2S2. The number of nitrogens with two attached hydrogens (primary N) is 1. The van der Waals surface area contributed by atoms with Crippen molar-refractivity contribution < 1.29 is 9.59 Å². The molecule has 3 nitrogen and oxygen atoms in total. The average Bonchev–Trinajstić information content (AvgIpc) is 2.99. The van der Waals surface area contributed by atoms with Gasteiger partial charge in [-0.25, -0.2) is 0 Å². The summed E-state index contributed by atoms with van der Waals surface area (Å²) in [5, 5.41) is 1.80. The maximum Gasteiger partial charge on any atom is 0.217 e. The number of thioether (sulfide) groups is 1. The summed E-state index contributed by atoms with van der Waals surface area (Å²) in [5.74, 6) is 0.785. The number of carbonyl (C=O) groups is 2. The molecule has 0 unspecified atom stereocenters. The number of thiophene rings is 1. The van der Waals surface area contributed by atoms with Crippen LogP contribution in [0.25, 0.3) is 0 Å². The summed E-state index contributed by atoms with van der Waals surface area (Å²) in [7, 11) is 0.